The van der Waals surface area contributed by atoms with Crippen molar-refractivity contribution in [2.45, 2.75) is 0 Å². The van der Waals surface area contributed by atoms with Gasteiger partial charge >= 0.3 is 0 Å². The SMILES string of the molecule is C#CCOc1ccc(F)c(N)c1. The summed E-state index contributed by atoms with van der Waals surface area (Å²) in [5.41, 5.74) is 5.35. The van der Waals surface area contributed by atoms with Crippen molar-refractivity contribution in [2.75, 3.05) is 12.3 Å². The van der Waals surface area contributed by atoms with E-state index in [1.807, 2.05) is 0 Å². The van der Waals surface area contributed by atoms with Crippen LogP contribution in [0.5, 0.6) is 5.75 Å². The van der Waals surface area contributed by atoms with Crippen molar-refractivity contribution in [2.24, 2.45) is 0 Å². The standard InChI is InChI=1S/C9H8FNO/c1-2-5-12-7-3-4-8(10)9(11)6-7/h1,3-4,6H,5,11H2. The molecule has 0 saturated heterocycles. The fraction of sp³-hybridized carbons (Fsp3) is 0.111. The zero-order chi connectivity index (χ0) is 8.97. The zero-order valence-corrected chi connectivity index (χ0v) is 6.38. The topological polar surface area (TPSA) is 35.2 Å². The van der Waals surface area contributed by atoms with E-state index in [0.717, 1.165) is 0 Å². The molecule has 0 aliphatic rings. The van der Waals surface area contributed by atoms with Crippen LogP contribution in [0.1, 0.15) is 0 Å². The van der Waals surface area contributed by atoms with Crippen molar-refractivity contribution in [3.63, 3.8) is 0 Å². The number of benzene rings is 1. The normalized spacial score (nSPS) is 9.00. The molecule has 0 radical (unpaired) electrons. The maximum atomic E-state index is 12.6. The maximum Gasteiger partial charge on any atom is 0.148 e. The van der Waals surface area contributed by atoms with Gasteiger partial charge in [0.1, 0.15) is 18.2 Å². The lowest BCUT2D eigenvalue weighted by Gasteiger charge is -2.02. The van der Waals surface area contributed by atoms with Crippen molar-refractivity contribution in [1.82, 2.24) is 0 Å². The van der Waals surface area contributed by atoms with Crippen LogP contribution in [0.2, 0.25) is 0 Å². The lowest BCUT2D eigenvalue weighted by atomic mass is 10.3. The molecule has 3 heteroatoms. The molecule has 62 valence electrons. The molecular weight excluding hydrogens is 157 g/mol. The summed E-state index contributed by atoms with van der Waals surface area (Å²) < 4.78 is 17.6. The highest BCUT2D eigenvalue weighted by atomic mass is 19.1. The van der Waals surface area contributed by atoms with Gasteiger partial charge in [-0.15, -0.1) is 6.42 Å². The van der Waals surface area contributed by atoms with Crippen LogP contribution in [0, 0.1) is 18.2 Å². The number of nitrogen functional groups attached to an aromatic ring is 1. The molecule has 2 N–H and O–H groups in total. The minimum absolute atomic E-state index is 0.0597. The van der Waals surface area contributed by atoms with E-state index in [9.17, 15) is 4.39 Å². The first-order valence-electron chi connectivity index (χ1n) is 3.35. The van der Waals surface area contributed by atoms with Crippen LogP contribution in [-0.4, -0.2) is 6.61 Å². The predicted octanol–water partition coefficient (Wildman–Crippen LogP) is 1.42. The first-order chi connectivity index (χ1) is 5.74. The molecule has 2 nitrogen and oxygen atoms in total. The molecule has 12 heavy (non-hydrogen) atoms. The second-order valence-corrected chi connectivity index (χ2v) is 2.18. The third-order valence-corrected chi connectivity index (χ3v) is 1.29. The summed E-state index contributed by atoms with van der Waals surface area (Å²) in [5.74, 6) is 2.32. The molecule has 0 amide bonds. The van der Waals surface area contributed by atoms with Crippen LogP contribution in [0.15, 0.2) is 18.2 Å². The summed E-state index contributed by atoms with van der Waals surface area (Å²) in [5, 5.41) is 0. The van der Waals surface area contributed by atoms with Gasteiger partial charge in [0.05, 0.1) is 5.69 Å². The number of terminal acetylenes is 1. The van der Waals surface area contributed by atoms with Crippen LogP contribution in [0.25, 0.3) is 0 Å². The minimum Gasteiger partial charge on any atom is -0.481 e. The van der Waals surface area contributed by atoms with E-state index in [-0.39, 0.29) is 12.3 Å². The quantitative estimate of drug-likeness (QED) is 0.531. The van der Waals surface area contributed by atoms with E-state index in [0.29, 0.717) is 5.75 Å². The Kier molecular flexibility index (Phi) is 2.54. The van der Waals surface area contributed by atoms with Gasteiger partial charge in [-0.2, -0.15) is 0 Å². The molecule has 0 unspecified atom stereocenters. The van der Waals surface area contributed by atoms with E-state index in [4.69, 9.17) is 16.9 Å². The maximum absolute atomic E-state index is 12.6. The second-order valence-electron chi connectivity index (χ2n) is 2.18. The van der Waals surface area contributed by atoms with Crippen molar-refractivity contribution in [3.05, 3.63) is 24.0 Å². The number of anilines is 1. The van der Waals surface area contributed by atoms with E-state index in [2.05, 4.69) is 5.92 Å². The fourth-order valence-electron chi connectivity index (χ4n) is 0.737. The molecule has 1 aromatic rings. The Balaban J connectivity index is 2.77. The Morgan fingerprint density at radius 1 is 1.58 bits per heavy atom. The van der Waals surface area contributed by atoms with Crippen molar-refractivity contribution in [1.29, 1.82) is 0 Å². The summed E-state index contributed by atoms with van der Waals surface area (Å²) in [6, 6.07) is 4.11. The monoisotopic (exact) mass is 165 g/mol. The number of ether oxygens (including phenoxy) is 1. The molecule has 1 aromatic carbocycles. The van der Waals surface area contributed by atoms with Crippen LogP contribution in [0.4, 0.5) is 10.1 Å². The Labute approximate surface area is 70.1 Å². The molecule has 0 aliphatic heterocycles. The smallest absolute Gasteiger partial charge is 0.148 e. The van der Waals surface area contributed by atoms with Crippen LogP contribution in [0.3, 0.4) is 0 Å². The largest absolute Gasteiger partial charge is 0.481 e. The average Bonchev–Trinajstić information content (AvgIpc) is 2.07. The number of halogens is 1. The van der Waals surface area contributed by atoms with Crippen LogP contribution in [-0.2, 0) is 0 Å². The van der Waals surface area contributed by atoms with E-state index in [1.165, 1.54) is 18.2 Å². The Bertz CT molecular complexity index is 317. The molecule has 0 aromatic heterocycles. The lowest BCUT2D eigenvalue weighted by molar-refractivity contribution is 0.370. The minimum atomic E-state index is -0.456. The first-order valence-corrected chi connectivity index (χ1v) is 3.35. The van der Waals surface area contributed by atoms with Gasteiger partial charge in [-0.3, -0.25) is 0 Å². The number of hydrogen-bond acceptors (Lipinski definition) is 2. The van der Waals surface area contributed by atoms with E-state index in [1.54, 1.807) is 0 Å². The molecule has 0 bridgehead atoms. The van der Waals surface area contributed by atoms with Crippen LogP contribution < -0.4 is 10.5 Å². The molecule has 0 heterocycles. The van der Waals surface area contributed by atoms with Gasteiger partial charge in [0.15, 0.2) is 0 Å². The average molecular weight is 165 g/mol. The third-order valence-electron chi connectivity index (χ3n) is 1.29. The molecule has 1 rings (SSSR count). The van der Waals surface area contributed by atoms with Gasteiger partial charge in [0.2, 0.25) is 0 Å². The van der Waals surface area contributed by atoms with Crippen LogP contribution >= 0.6 is 0 Å². The number of hydrogen-bond donors (Lipinski definition) is 1. The van der Waals surface area contributed by atoms with Gasteiger partial charge in [-0.1, -0.05) is 5.92 Å². The number of rotatable bonds is 2. The highest BCUT2D eigenvalue weighted by Gasteiger charge is 1.98. The highest BCUT2D eigenvalue weighted by Crippen LogP contribution is 2.17. The van der Waals surface area contributed by atoms with E-state index >= 15 is 0 Å². The van der Waals surface area contributed by atoms with Crippen molar-refractivity contribution < 1.29 is 9.13 Å². The Morgan fingerprint density at radius 2 is 2.33 bits per heavy atom. The summed E-state index contributed by atoms with van der Waals surface area (Å²) >= 11 is 0. The highest BCUT2D eigenvalue weighted by molar-refractivity contribution is 5.45. The number of nitrogens with two attached hydrogens (primary N) is 1. The summed E-state index contributed by atoms with van der Waals surface area (Å²) in [6.45, 7) is 0.158. The first kappa shape index (κ1) is 8.41. The van der Waals surface area contributed by atoms with Gasteiger partial charge in [0.25, 0.3) is 0 Å². The Hall–Kier alpha value is -1.69. The summed E-state index contributed by atoms with van der Waals surface area (Å²) in [4.78, 5) is 0. The van der Waals surface area contributed by atoms with E-state index < -0.39 is 5.82 Å². The second kappa shape index (κ2) is 3.63. The van der Waals surface area contributed by atoms with Crippen molar-refractivity contribution >= 4 is 5.69 Å². The van der Waals surface area contributed by atoms with Crippen molar-refractivity contribution in [3.8, 4) is 18.1 Å². The third kappa shape index (κ3) is 1.89. The molecule has 0 saturated carbocycles. The Morgan fingerprint density at radius 3 is 2.92 bits per heavy atom. The van der Waals surface area contributed by atoms with Gasteiger partial charge in [-0.25, -0.2) is 4.39 Å². The molecule has 0 aliphatic carbocycles. The molecule has 0 fully saturated rings. The summed E-state index contributed by atoms with van der Waals surface area (Å²) in [6.07, 6.45) is 4.96. The molecular formula is C9H8FNO. The van der Waals surface area contributed by atoms with Gasteiger partial charge in [-0.05, 0) is 12.1 Å². The zero-order valence-electron chi connectivity index (χ0n) is 6.38. The lowest BCUT2D eigenvalue weighted by Crippen LogP contribution is -1.96. The molecule has 0 spiro atoms. The fourth-order valence-corrected chi connectivity index (χ4v) is 0.737. The van der Waals surface area contributed by atoms with Gasteiger partial charge in [0, 0.05) is 6.07 Å². The van der Waals surface area contributed by atoms with Gasteiger partial charge < -0.3 is 10.5 Å². The predicted molar refractivity (Wildman–Crippen MR) is 45.1 cm³/mol. The molecule has 0 atom stereocenters. The summed E-state index contributed by atoms with van der Waals surface area (Å²) in [7, 11) is 0.